The van der Waals surface area contributed by atoms with Crippen LogP contribution in [-0.2, 0) is 0 Å². The van der Waals surface area contributed by atoms with Crippen molar-refractivity contribution in [1.29, 1.82) is 0 Å². The molecule has 0 aliphatic carbocycles. The third kappa shape index (κ3) is 2.60. The monoisotopic (exact) mass is 277 g/mol. The van der Waals surface area contributed by atoms with Crippen molar-refractivity contribution in [3.05, 3.63) is 59.7 Å². The van der Waals surface area contributed by atoms with E-state index in [0.29, 0.717) is 11.5 Å². The van der Waals surface area contributed by atoms with E-state index >= 15 is 0 Å². The Labute approximate surface area is 122 Å². The van der Waals surface area contributed by atoms with Crippen molar-refractivity contribution in [2.45, 2.75) is 13.8 Å². The Hall–Kier alpha value is -2.75. The number of phenolic OH excluding ortho intramolecular Hbond substituents is 1. The molecule has 0 atom stereocenters. The summed E-state index contributed by atoms with van der Waals surface area (Å²) >= 11 is 0. The highest BCUT2D eigenvalue weighted by molar-refractivity contribution is 5.79. The maximum absolute atomic E-state index is 9.89. The number of para-hydroxylation sites is 1. The average molecular weight is 277 g/mol. The van der Waals surface area contributed by atoms with E-state index in [0.717, 1.165) is 22.0 Å². The van der Waals surface area contributed by atoms with Crippen LogP contribution in [0.25, 0.3) is 10.9 Å². The van der Waals surface area contributed by atoms with Crippen LogP contribution in [0.15, 0.2) is 58.8 Å². The van der Waals surface area contributed by atoms with Gasteiger partial charge in [0, 0.05) is 5.39 Å². The summed E-state index contributed by atoms with van der Waals surface area (Å²) in [5.41, 5.74) is 3.34. The summed E-state index contributed by atoms with van der Waals surface area (Å²) in [5.74, 6) is 0.650. The predicted molar refractivity (Wildman–Crippen MR) is 83.5 cm³/mol. The third-order valence-corrected chi connectivity index (χ3v) is 3.52. The van der Waals surface area contributed by atoms with Crippen molar-refractivity contribution < 1.29 is 5.11 Å². The van der Waals surface area contributed by atoms with Gasteiger partial charge in [-0.05, 0) is 49.2 Å². The van der Waals surface area contributed by atoms with Crippen LogP contribution < -0.4 is 0 Å². The van der Waals surface area contributed by atoms with Crippen molar-refractivity contribution >= 4 is 22.4 Å². The number of aromatic nitrogens is 1. The molecule has 2 aromatic carbocycles. The van der Waals surface area contributed by atoms with E-state index in [-0.39, 0.29) is 5.75 Å². The Balaban J connectivity index is 2.00. The normalized spacial score (nSPS) is 11.3. The summed E-state index contributed by atoms with van der Waals surface area (Å²) in [5, 5.41) is 19.3. The quantitative estimate of drug-likeness (QED) is 0.672. The van der Waals surface area contributed by atoms with Gasteiger partial charge in [-0.15, -0.1) is 10.2 Å². The molecule has 0 fully saturated rings. The molecule has 3 rings (SSSR count). The van der Waals surface area contributed by atoms with Gasteiger partial charge in [-0.2, -0.15) is 0 Å². The van der Waals surface area contributed by atoms with Crippen LogP contribution in [0.5, 0.6) is 5.75 Å². The highest BCUT2D eigenvalue weighted by Crippen LogP contribution is 2.33. The van der Waals surface area contributed by atoms with E-state index in [1.54, 1.807) is 6.07 Å². The Kier molecular flexibility index (Phi) is 3.36. The number of azo groups is 1. The highest BCUT2D eigenvalue weighted by Gasteiger charge is 2.06. The van der Waals surface area contributed by atoms with Gasteiger partial charge in [-0.1, -0.05) is 24.3 Å². The maximum atomic E-state index is 9.89. The Morgan fingerprint density at radius 3 is 2.57 bits per heavy atom. The van der Waals surface area contributed by atoms with Gasteiger partial charge >= 0.3 is 0 Å². The molecule has 0 spiro atoms. The number of fused-ring (bicyclic) bond motifs is 1. The van der Waals surface area contributed by atoms with Crippen molar-refractivity contribution in [2.75, 3.05) is 0 Å². The number of nitrogens with zero attached hydrogens (tertiary/aromatic N) is 3. The summed E-state index contributed by atoms with van der Waals surface area (Å²) in [6.07, 6.45) is 0. The van der Waals surface area contributed by atoms with Gasteiger partial charge in [0.2, 0.25) is 0 Å². The lowest BCUT2D eigenvalue weighted by Gasteiger charge is -2.05. The lowest BCUT2D eigenvalue weighted by Crippen LogP contribution is -1.82. The number of hydrogen-bond acceptors (Lipinski definition) is 4. The highest BCUT2D eigenvalue weighted by atomic mass is 16.3. The molecule has 21 heavy (non-hydrogen) atoms. The van der Waals surface area contributed by atoms with Crippen LogP contribution in [0.3, 0.4) is 0 Å². The van der Waals surface area contributed by atoms with Gasteiger partial charge in [-0.25, -0.2) is 4.98 Å². The van der Waals surface area contributed by atoms with E-state index in [1.165, 1.54) is 0 Å². The summed E-state index contributed by atoms with van der Waals surface area (Å²) in [6, 6.07) is 15.1. The first kappa shape index (κ1) is 13.2. The Bertz CT molecular complexity index is 841. The van der Waals surface area contributed by atoms with Gasteiger partial charge in [0.15, 0.2) is 5.82 Å². The lowest BCUT2D eigenvalue weighted by molar-refractivity contribution is 0.476. The minimum absolute atomic E-state index is 0.127. The van der Waals surface area contributed by atoms with Gasteiger partial charge in [0.1, 0.15) is 11.4 Å². The third-order valence-electron chi connectivity index (χ3n) is 3.52. The summed E-state index contributed by atoms with van der Waals surface area (Å²) < 4.78 is 0. The van der Waals surface area contributed by atoms with Crippen molar-refractivity contribution in [3.63, 3.8) is 0 Å². The Morgan fingerprint density at radius 1 is 0.905 bits per heavy atom. The minimum Gasteiger partial charge on any atom is -0.506 e. The van der Waals surface area contributed by atoms with E-state index in [2.05, 4.69) is 15.2 Å². The molecular weight excluding hydrogens is 262 g/mol. The van der Waals surface area contributed by atoms with Gasteiger partial charge in [0.25, 0.3) is 0 Å². The van der Waals surface area contributed by atoms with Crippen LogP contribution in [-0.4, -0.2) is 10.1 Å². The van der Waals surface area contributed by atoms with Crippen LogP contribution in [0, 0.1) is 13.8 Å². The topological polar surface area (TPSA) is 57.8 Å². The minimum atomic E-state index is 0.127. The smallest absolute Gasteiger partial charge is 0.174 e. The fourth-order valence-corrected chi connectivity index (χ4v) is 2.13. The van der Waals surface area contributed by atoms with Crippen LogP contribution in [0.4, 0.5) is 11.5 Å². The number of phenols is 1. The molecule has 104 valence electrons. The largest absolute Gasteiger partial charge is 0.506 e. The molecule has 3 aromatic rings. The van der Waals surface area contributed by atoms with E-state index in [1.807, 2.05) is 56.3 Å². The zero-order valence-electron chi connectivity index (χ0n) is 11.9. The standard InChI is InChI=1S/C17H15N3O/c1-11-7-9-15(21)17(12(11)2)20-19-16-10-8-13-5-3-4-6-14(13)18-16/h3-10,21H,1-2H3. The molecule has 4 heteroatoms. The zero-order chi connectivity index (χ0) is 14.8. The SMILES string of the molecule is Cc1ccc(O)c(N=Nc2ccc3ccccc3n2)c1C. The van der Waals surface area contributed by atoms with Crippen LogP contribution >= 0.6 is 0 Å². The number of benzene rings is 2. The number of pyridine rings is 1. The molecule has 0 aliphatic heterocycles. The fraction of sp³-hybridized carbons (Fsp3) is 0.118. The van der Waals surface area contributed by atoms with E-state index in [9.17, 15) is 5.11 Å². The maximum Gasteiger partial charge on any atom is 0.174 e. The van der Waals surface area contributed by atoms with E-state index < -0.39 is 0 Å². The van der Waals surface area contributed by atoms with Gasteiger partial charge in [0.05, 0.1) is 5.52 Å². The zero-order valence-corrected chi connectivity index (χ0v) is 11.9. The first-order chi connectivity index (χ1) is 10.1. The average Bonchev–Trinajstić information content (AvgIpc) is 2.51. The van der Waals surface area contributed by atoms with Crippen molar-refractivity contribution in [2.24, 2.45) is 10.2 Å². The molecule has 0 unspecified atom stereocenters. The molecule has 1 heterocycles. The second-order valence-corrected chi connectivity index (χ2v) is 4.94. The molecule has 0 bridgehead atoms. The van der Waals surface area contributed by atoms with Gasteiger partial charge < -0.3 is 5.11 Å². The molecular formula is C17H15N3O. The molecule has 0 amide bonds. The lowest BCUT2D eigenvalue weighted by atomic mass is 10.1. The predicted octanol–water partition coefficient (Wildman–Crippen LogP) is 4.97. The first-order valence-corrected chi connectivity index (χ1v) is 6.72. The van der Waals surface area contributed by atoms with Crippen LogP contribution in [0.2, 0.25) is 0 Å². The number of rotatable bonds is 2. The molecule has 0 radical (unpaired) electrons. The molecule has 4 nitrogen and oxygen atoms in total. The molecule has 0 saturated heterocycles. The second kappa shape index (κ2) is 5.32. The van der Waals surface area contributed by atoms with Crippen LogP contribution in [0.1, 0.15) is 11.1 Å². The van der Waals surface area contributed by atoms with Gasteiger partial charge in [-0.3, -0.25) is 0 Å². The summed E-state index contributed by atoms with van der Waals surface area (Å²) in [6.45, 7) is 3.89. The summed E-state index contributed by atoms with van der Waals surface area (Å²) in [7, 11) is 0. The van der Waals surface area contributed by atoms with Crippen molar-refractivity contribution in [3.8, 4) is 5.75 Å². The molecule has 1 N–H and O–H groups in total. The second-order valence-electron chi connectivity index (χ2n) is 4.94. The van der Waals surface area contributed by atoms with E-state index in [4.69, 9.17) is 0 Å². The summed E-state index contributed by atoms with van der Waals surface area (Å²) in [4.78, 5) is 4.43. The molecule has 0 aliphatic rings. The number of aryl methyl sites for hydroxylation is 1. The molecule has 0 saturated carbocycles. The fourth-order valence-electron chi connectivity index (χ4n) is 2.13. The van der Waals surface area contributed by atoms with Crippen molar-refractivity contribution in [1.82, 2.24) is 4.98 Å². The number of aromatic hydroxyl groups is 1. The Morgan fingerprint density at radius 2 is 1.71 bits per heavy atom. The molecule has 1 aromatic heterocycles. The number of hydrogen-bond donors (Lipinski definition) is 1. The first-order valence-electron chi connectivity index (χ1n) is 6.72.